The van der Waals surface area contributed by atoms with E-state index < -0.39 is 0 Å². The summed E-state index contributed by atoms with van der Waals surface area (Å²) in [5, 5.41) is 0. The van der Waals surface area contributed by atoms with E-state index in [1.807, 2.05) is 49.0 Å². The van der Waals surface area contributed by atoms with Gasteiger partial charge in [-0.05, 0) is 17.7 Å². The van der Waals surface area contributed by atoms with Crippen molar-refractivity contribution in [2.75, 3.05) is 11.5 Å². The van der Waals surface area contributed by atoms with Crippen LogP contribution in [0.4, 0.5) is 0 Å². The van der Waals surface area contributed by atoms with E-state index in [1.54, 1.807) is 0 Å². The van der Waals surface area contributed by atoms with Gasteiger partial charge in [-0.25, -0.2) is 0 Å². The summed E-state index contributed by atoms with van der Waals surface area (Å²) in [4.78, 5) is 11.7. The molecule has 1 atom stereocenters. The number of unbranched alkanes of at least 4 members (excludes halogenated alkanes) is 1. The summed E-state index contributed by atoms with van der Waals surface area (Å²) in [5.74, 6) is 1.87. The zero-order valence-electron chi connectivity index (χ0n) is 11.2. The molecule has 1 aromatic carbocycles. The molecule has 2 nitrogen and oxygen atoms in total. The number of carbonyl (C=O) groups excluding carboxylic acids is 1. The van der Waals surface area contributed by atoms with Gasteiger partial charge in [0.15, 0.2) is 0 Å². The van der Waals surface area contributed by atoms with Crippen LogP contribution in [-0.2, 0) is 16.1 Å². The van der Waals surface area contributed by atoms with Gasteiger partial charge < -0.3 is 4.74 Å². The van der Waals surface area contributed by atoms with Gasteiger partial charge in [-0.1, -0.05) is 50.6 Å². The lowest BCUT2D eigenvalue weighted by Gasteiger charge is -2.11. The van der Waals surface area contributed by atoms with Crippen LogP contribution < -0.4 is 0 Å². The third kappa shape index (κ3) is 6.10. The minimum Gasteiger partial charge on any atom is -0.461 e. The lowest BCUT2D eigenvalue weighted by molar-refractivity contribution is -0.148. The minimum absolute atomic E-state index is 0.0180. The predicted octanol–water partition coefficient (Wildman–Crippen LogP) is 3.90. The molecule has 100 valence electrons. The Kier molecular flexibility index (Phi) is 7.58. The van der Waals surface area contributed by atoms with E-state index in [0.717, 1.165) is 17.1 Å². The first-order valence-corrected chi connectivity index (χ1v) is 7.67. The summed E-state index contributed by atoms with van der Waals surface area (Å²) < 4.78 is 5.29. The number of carbonyl (C=O) groups is 1. The van der Waals surface area contributed by atoms with E-state index in [1.165, 1.54) is 12.8 Å². The Morgan fingerprint density at radius 1 is 1.33 bits per heavy atom. The maximum Gasteiger partial charge on any atom is 0.309 e. The summed E-state index contributed by atoms with van der Waals surface area (Å²) >= 11 is 1.84. The lowest BCUT2D eigenvalue weighted by Crippen LogP contribution is -2.17. The molecule has 0 aliphatic carbocycles. The molecule has 0 heterocycles. The molecule has 1 aromatic rings. The third-order valence-electron chi connectivity index (χ3n) is 2.64. The van der Waals surface area contributed by atoms with Crippen molar-refractivity contribution in [3.8, 4) is 0 Å². The maximum absolute atomic E-state index is 11.7. The number of hydrogen-bond acceptors (Lipinski definition) is 3. The first-order chi connectivity index (χ1) is 8.74. The molecule has 0 bridgehead atoms. The summed E-state index contributed by atoms with van der Waals surface area (Å²) in [6, 6.07) is 9.79. The molecule has 0 aromatic heterocycles. The standard InChI is InChI=1S/C15H22O2S/c1-3-4-10-18-12-13(2)15(16)17-11-14-8-6-5-7-9-14/h5-9,13H,3-4,10-12H2,1-2H3. The predicted molar refractivity (Wildman–Crippen MR) is 77.6 cm³/mol. The van der Waals surface area contributed by atoms with Crippen LogP contribution in [0.2, 0.25) is 0 Å². The Hall–Kier alpha value is -0.960. The number of esters is 1. The van der Waals surface area contributed by atoms with Crippen molar-refractivity contribution in [2.24, 2.45) is 5.92 Å². The van der Waals surface area contributed by atoms with Gasteiger partial charge in [0.05, 0.1) is 5.92 Å². The molecule has 0 N–H and O–H groups in total. The second kappa shape index (κ2) is 9.03. The van der Waals surface area contributed by atoms with E-state index in [-0.39, 0.29) is 11.9 Å². The van der Waals surface area contributed by atoms with Crippen LogP contribution in [0.25, 0.3) is 0 Å². The highest BCUT2D eigenvalue weighted by atomic mass is 32.2. The van der Waals surface area contributed by atoms with Gasteiger partial charge in [0, 0.05) is 5.75 Å². The normalized spacial score (nSPS) is 12.1. The fourth-order valence-corrected chi connectivity index (χ4v) is 2.59. The van der Waals surface area contributed by atoms with Gasteiger partial charge in [-0.2, -0.15) is 11.8 Å². The van der Waals surface area contributed by atoms with Crippen molar-refractivity contribution in [3.63, 3.8) is 0 Å². The van der Waals surface area contributed by atoms with Gasteiger partial charge >= 0.3 is 5.97 Å². The Balaban J connectivity index is 2.19. The van der Waals surface area contributed by atoms with E-state index in [4.69, 9.17) is 4.74 Å². The fourth-order valence-electron chi connectivity index (χ4n) is 1.45. The smallest absolute Gasteiger partial charge is 0.309 e. The zero-order valence-corrected chi connectivity index (χ0v) is 12.0. The number of ether oxygens (including phenoxy) is 1. The van der Waals surface area contributed by atoms with Crippen LogP contribution in [0.1, 0.15) is 32.3 Å². The lowest BCUT2D eigenvalue weighted by atomic mass is 10.2. The third-order valence-corrected chi connectivity index (χ3v) is 3.95. The topological polar surface area (TPSA) is 26.3 Å². The molecule has 0 spiro atoms. The Labute approximate surface area is 114 Å². The molecule has 1 rings (SSSR count). The monoisotopic (exact) mass is 266 g/mol. The van der Waals surface area contributed by atoms with Crippen molar-refractivity contribution in [2.45, 2.75) is 33.3 Å². The SMILES string of the molecule is CCCCSCC(C)C(=O)OCc1ccccc1. The van der Waals surface area contributed by atoms with E-state index in [2.05, 4.69) is 6.92 Å². The average Bonchev–Trinajstić information content (AvgIpc) is 2.42. The number of hydrogen-bond donors (Lipinski definition) is 0. The quantitative estimate of drug-likeness (QED) is 0.527. The molecule has 0 aliphatic rings. The van der Waals surface area contributed by atoms with E-state index >= 15 is 0 Å². The maximum atomic E-state index is 11.7. The van der Waals surface area contributed by atoms with Crippen molar-refractivity contribution in [1.29, 1.82) is 0 Å². The Bertz CT molecular complexity index is 338. The fraction of sp³-hybridized carbons (Fsp3) is 0.533. The first kappa shape index (κ1) is 15.1. The summed E-state index contributed by atoms with van der Waals surface area (Å²) in [6.07, 6.45) is 2.43. The number of thioether (sulfide) groups is 1. The molecular weight excluding hydrogens is 244 g/mol. The molecule has 0 radical (unpaired) electrons. The van der Waals surface area contributed by atoms with Crippen LogP contribution in [0.15, 0.2) is 30.3 Å². The van der Waals surface area contributed by atoms with E-state index in [9.17, 15) is 4.79 Å². The Morgan fingerprint density at radius 3 is 2.72 bits per heavy atom. The van der Waals surface area contributed by atoms with Crippen molar-refractivity contribution in [3.05, 3.63) is 35.9 Å². The highest BCUT2D eigenvalue weighted by Gasteiger charge is 2.14. The van der Waals surface area contributed by atoms with Crippen LogP contribution in [0, 0.1) is 5.92 Å². The second-order valence-electron chi connectivity index (χ2n) is 4.42. The Morgan fingerprint density at radius 2 is 2.06 bits per heavy atom. The van der Waals surface area contributed by atoms with Crippen LogP contribution in [0.3, 0.4) is 0 Å². The first-order valence-electron chi connectivity index (χ1n) is 6.52. The minimum atomic E-state index is -0.0946. The highest BCUT2D eigenvalue weighted by molar-refractivity contribution is 7.99. The second-order valence-corrected chi connectivity index (χ2v) is 5.57. The number of rotatable bonds is 8. The molecule has 0 amide bonds. The summed E-state index contributed by atoms with van der Waals surface area (Å²) in [6.45, 7) is 4.49. The molecule has 1 unspecified atom stereocenters. The van der Waals surface area contributed by atoms with Crippen LogP contribution >= 0.6 is 11.8 Å². The van der Waals surface area contributed by atoms with Gasteiger partial charge in [-0.3, -0.25) is 4.79 Å². The van der Waals surface area contributed by atoms with Crippen LogP contribution in [0.5, 0.6) is 0 Å². The summed E-state index contributed by atoms with van der Waals surface area (Å²) in [7, 11) is 0. The largest absolute Gasteiger partial charge is 0.461 e. The molecule has 0 saturated carbocycles. The molecule has 0 saturated heterocycles. The zero-order chi connectivity index (χ0) is 13.2. The average molecular weight is 266 g/mol. The van der Waals surface area contributed by atoms with Gasteiger partial charge in [0.2, 0.25) is 0 Å². The van der Waals surface area contributed by atoms with Gasteiger partial charge in [0.1, 0.15) is 6.61 Å². The van der Waals surface area contributed by atoms with Gasteiger partial charge in [-0.15, -0.1) is 0 Å². The molecule has 18 heavy (non-hydrogen) atoms. The summed E-state index contributed by atoms with van der Waals surface area (Å²) in [5.41, 5.74) is 1.04. The molecule has 3 heteroatoms. The van der Waals surface area contributed by atoms with Crippen LogP contribution in [-0.4, -0.2) is 17.5 Å². The molecular formula is C15H22O2S. The van der Waals surface area contributed by atoms with Gasteiger partial charge in [0.25, 0.3) is 0 Å². The van der Waals surface area contributed by atoms with E-state index in [0.29, 0.717) is 6.61 Å². The molecule has 0 aliphatic heterocycles. The van der Waals surface area contributed by atoms with Crippen molar-refractivity contribution in [1.82, 2.24) is 0 Å². The highest BCUT2D eigenvalue weighted by Crippen LogP contribution is 2.13. The van der Waals surface area contributed by atoms with Crippen molar-refractivity contribution >= 4 is 17.7 Å². The number of benzene rings is 1. The molecule has 0 fully saturated rings. The van der Waals surface area contributed by atoms with Crippen molar-refractivity contribution < 1.29 is 9.53 Å².